The van der Waals surface area contributed by atoms with Crippen molar-refractivity contribution < 1.29 is 19.8 Å². The number of amides is 1. The fourth-order valence-electron chi connectivity index (χ4n) is 6.30. The lowest BCUT2D eigenvalue weighted by molar-refractivity contribution is -0.183. The van der Waals surface area contributed by atoms with Crippen molar-refractivity contribution in [2.24, 2.45) is 29.1 Å². The minimum Gasteiger partial charge on any atom is -0.394 e. The molecule has 1 heterocycles. The van der Waals surface area contributed by atoms with Crippen LogP contribution in [-0.4, -0.2) is 52.1 Å². The first kappa shape index (κ1) is 23.4. The Morgan fingerprint density at radius 2 is 2.13 bits per heavy atom. The van der Waals surface area contributed by atoms with Crippen molar-refractivity contribution in [2.45, 2.75) is 71.4 Å². The Labute approximate surface area is 198 Å². The molecule has 1 saturated heterocycles. The Kier molecular flexibility index (Phi) is 6.72. The zero-order chi connectivity index (χ0) is 22.5. The summed E-state index contributed by atoms with van der Waals surface area (Å²) in [5.41, 5.74) is 1.39. The molecule has 0 aromatic heterocycles. The van der Waals surface area contributed by atoms with Crippen LogP contribution in [0, 0.1) is 32.7 Å². The van der Waals surface area contributed by atoms with Crippen molar-refractivity contribution >= 4 is 28.5 Å². The molecule has 2 bridgehead atoms. The number of hydrogen-bond acceptors (Lipinski definition) is 5. The van der Waals surface area contributed by atoms with Gasteiger partial charge in [0.2, 0.25) is 5.91 Å². The molecule has 1 amide bonds. The summed E-state index contributed by atoms with van der Waals surface area (Å²) in [5, 5.41) is 25.3. The highest BCUT2D eigenvalue weighted by Gasteiger charge is 2.57. The van der Waals surface area contributed by atoms with E-state index in [4.69, 9.17) is 4.84 Å². The van der Waals surface area contributed by atoms with Crippen molar-refractivity contribution in [1.82, 2.24) is 10.4 Å². The zero-order valence-corrected chi connectivity index (χ0v) is 21.0. The Bertz CT molecular complexity index is 817. The number of aliphatic hydroxyl groups is 2. The molecule has 5 rings (SSSR count). The fourth-order valence-corrected chi connectivity index (χ4v) is 6.91. The second kappa shape index (κ2) is 8.89. The summed E-state index contributed by atoms with van der Waals surface area (Å²) in [6.07, 6.45) is 0.887. The molecule has 4 fully saturated rings. The number of carbonyl (C=O) groups is 1. The van der Waals surface area contributed by atoms with Crippen LogP contribution in [0.15, 0.2) is 24.3 Å². The predicted octanol–water partition coefficient (Wildman–Crippen LogP) is 2.95. The number of nitrogens with zero attached hydrogens (tertiary/aromatic N) is 1. The molecule has 172 valence electrons. The highest BCUT2D eigenvalue weighted by atomic mass is 127. The second-order valence-electron chi connectivity index (χ2n) is 10.4. The van der Waals surface area contributed by atoms with Crippen molar-refractivity contribution in [3.8, 4) is 0 Å². The van der Waals surface area contributed by atoms with Crippen LogP contribution < -0.4 is 5.32 Å². The van der Waals surface area contributed by atoms with E-state index >= 15 is 0 Å². The van der Waals surface area contributed by atoms with E-state index in [-0.39, 0.29) is 18.6 Å². The maximum atomic E-state index is 13.6. The van der Waals surface area contributed by atoms with Crippen molar-refractivity contribution in [1.29, 1.82) is 0 Å². The number of aliphatic hydroxyl groups excluding tert-OH is 2. The normalized spacial score (nSPS) is 37.8. The molecule has 3 saturated carbocycles. The Hall–Kier alpha value is -0.740. The summed E-state index contributed by atoms with van der Waals surface area (Å²) in [6, 6.07) is 7.56. The number of halogens is 1. The van der Waals surface area contributed by atoms with Gasteiger partial charge >= 0.3 is 0 Å². The van der Waals surface area contributed by atoms with E-state index in [0.29, 0.717) is 29.7 Å². The van der Waals surface area contributed by atoms with Crippen molar-refractivity contribution in [3.63, 3.8) is 0 Å². The highest BCUT2D eigenvalue weighted by molar-refractivity contribution is 14.1. The van der Waals surface area contributed by atoms with Crippen LogP contribution in [0.2, 0.25) is 0 Å². The molecule has 1 aliphatic heterocycles. The monoisotopic (exact) mass is 542 g/mol. The standard InChI is InChI=1S/C24H35IN2O4/c1-13-18-9-16(24(18,3)4)10-19(13)26-23(30)22-21(14(2)29)20(12-28)31-27(22)11-15-6-5-7-17(25)8-15/h5-8,13-14,16,18-22,28-29H,9-12H2,1-4H3,(H,26,30)/t13-,14-,16+,18-,19?,20-,21+,22-/m0/s1. The number of carbonyl (C=O) groups excluding carboxylic acids is 1. The van der Waals surface area contributed by atoms with Gasteiger partial charge in [-0.3, -0.25) is 9.63 Å². The van der Waals surface area contributed by atoms with Crippen molar-refractivity contribution in [3.05, 3.63) is 33.4 Å². The van der Waals surface area contributed by atoms with Crippen LogP contribution in [-0.2, 0) is 16.2 Å². The van der Waals surface area contributed by atoms with Gasteiger partial charge in [0.1, 0.15) is 12.1 Å². The summed E-state index contributed by atoms with van der Waals surface area (Å²) in [5.74, 6) is 1.12. The second-order valence-corrected chi connectivity index (χ2v) is 11.6. The maximum absolute atomic E-state index is 13.6. The van der Waals surface area contributed by atoms with Gasteiger partial charge in [0.05, 0.1) is 19.3 Å². The first-order valence-electron chi connectivity index (χ1n) is 11.4. The fraction of sp³-hybridized carbons (Fsp3) is 0.708. The SMILES string of the molecule is C[C@H](O)[C@@H]1[C@H](CO)ON(Cc2cccc(I)c2)[C@@H]1C(=O)NC1C[C@H]2C[C@@H]([C@@H]1C)C2(C)C. The smallest absolute Gasteiger partial charge is 0.240 e. The molecule has 7 heteroatoms. The lowest BCUT2D eigenvalue weighted by Gasteiger charge is -2.62. The van der Waals surface area contributed by atoms with Gasteiger partial charge < -0.3 is 15.5 Å². The summed E-state index contributed by atoms with van der Waals surface area (Å²) in [7, 11) is 0. The van der Waals surface area contributed by atoms with Crippen LogP contribution in [0.25, 0.3) is 0 Å². The van der Waals surface area contributed by atoms with E-state index in [0.717, 1.165) is 15.6 Å². The molecule has 1 aromatic rings. The molecular formula is C24H35IN2O4. The summed E-state index contributed by atoms with van der Waals surface area (Å²) in [6.45, 7) is 8.82. The molecule has 0 radical (unpaired) electrons. The van der Waals surface area contributed by atoms with Crippen LogP contribution >= 0.6 is 22.6 Å². The quantitative estimate of drug-likeness (QED) is 0.482. The van der Waals surface area contributed by atoms with E-state index in [1.54, 1.807) is 12.0 Å². The third-order valence-corrected chi connectivity index (χ3v) is 8.96. The van der Waals surface area contributed by atoms with E-state index in [9.17, 15) is 15.0 Å². The number of fused-ring (bicyclic) bond motifs is 2. The molecule has 6 nitrogen and oxygen atoms in total. The molecule has 1 unspecified atom stereocenters. The molecule has 3 N–H and O–H groups in total. The van der Waals surface area contributed by atoms with Gasteiger partial charge in [-0.1, -0.05) is 32.9 Å². The van der Waals surface area contributed by atoms with E-state index in [1.807, 2.05) is 18.2 Å². The third-order valence-electron chi connectivity index (χ3n) is 8.29. The zero-order valence-electron chi connectivity index (χ0n) is 18.8. The Morgan fingerprint density at radius 1 is 1.39 bits per heavy atom. The first-order valence-corrected chi connectivity index (χ1v) is 12.5. The number of nitrogens with one attached hydrogen (secondary N) is 1. The van der Waals surface area contributed by atoms with Gasteiger partial charge in [0, 0.05) is 15.5 Å². The minimum atomic E-state index is -0.773. The van der Waals surface area contributed by atoms with Gasteiger partial charge in [-0.15, -0.1) is 0 Å². The van der Waals surface area contributed by atoms with Gasteiger partial charge in [0.15, 0.2) is 0 Å². The number of rotatable bonds is 6. The van der Waals surface area contributed by atoms with E-state index in [1.165, 1.54) is 6.42 Å². The minimum absolute atomic E-state index is 0.108. The van der Waals surface area contributed by atoms with Crippen LogP contribution in [0.4, 0.5) is 0 Å². The van der Waals surface area contributed by atoms with Gasteiger partial charge in [0.25, 0.3) is 0 Å². The molecule has 3 aliphatic carbocycles. The highest BCUT2D eigenvalue weighted by Crippen LogP contribution is 2.61. The molecule has 0 spiro atoms. The van der Waals surface area contributed by atoms with Crippen LogP contribution in [0.5, 0.6) is 0 Å². The topological polar surface area (TPSA) is 82.0 Å². The largest absolute Gasteiger partial charge is 0.394 e. The Morgan fingerprint density at radius 3 is 2.71 bits per heavy atom. The molecule has 1 aromatic carbocycles. The predicted molar refractivity (Wildman–Crippen MR) is 127 cm³/mol. The van der Waals surface area contributed by atoms with E-state index in [2.05, 4.69) is 54.7 Å². The third kappa shape index (κ3) is 4.28. The molecule has 4 aliphatic rings. The molecule has 8 atom stereocenters. The van der Waals surface area contributed by atoms with Gasteiger partial charge in [-0.25, -0.2) is 0 Å². The number of benzene rings is 1. The average molecular weight is 542 g/mol. The summed E-state index contributed by atoms with van der Waals surface area (Å²) in [4.78, 5) is 19.6. The van der Waals surface area contributed by atoms with Crippen LogP contribution in [0.1, 0.15) is 46.1 Å². The maximum Gasteiger partial charge on any atom is 0.240 e. The summed E-state index contributed by atoms with van der Waals surface area (Å²) >= 11 is 2.27. The lowest BCUT2D eigenvalue weighted by Crippen LogP contribution is -2.62. The average Bonchev–Trinajstić information content (AvgIpc) is 3.07. The van der Waals surface area contributed by atoms with Gasteiger partial charge in [-0.2, -0.15) is 5.06 Å². The number of hydrogen-bond donors (Lipinski definition) is 3. The van der Waals surface area contributed by atoms with Crippen LogP contribution in [0.3, 0.4) is 0 Å². The number of hydroxylamine groups is 2. The van der Waals surface area contributed by atoms with Gasteiger partial charge in [-0.05, 0) is 83.2 Å². The lowest BCUT2D eigenvalue weighted by atomic mass is 9.45. The molecule has 31 heavy (non-hydrogen) atoms. The Balaban J connectivity index is 1.53. The van der Waals surface area contributed by atoms with E-state index < -0.39 is 24.2 Å². The van der Waals surface area contributed by atoms with Crippen molar-refractivity contribution in [2.75, 3.05) is 6.61 Å². The summed E-state index contributed by atoms with van der Waals surface area (Å²) < 4.78 is 1.11. The first-order chi connectivity index (χ1) is 14.6. The molecular weight excluding hydrogens is 507 g/mol.